The van der Waals surface area contributed by atoms with Gasteiger partial charge in [-0.1, -0.05) is 42.5 Å². The Balaban J connectivity index is 1.87. The van der Waals surface area contributed by atoms with Gasteiger partial charge < -0.3 is 4.42 Å². The number of halogens is 1. The third-order valence-electron chi connectivity index (χ3n) is 3.65. The van der Waals surface area contributed by atoms with Gasteiger partial charge in [0.25, 0.3) is 11.6 Å². The van der Waals surface area contributed by atoms with Crippen LogP contribution in [0, 0.1) is 10.1 Å². The molecule has 0 bridgehead atoms. The minimum Gasteiger partial charge on any atom is -0.457 e. The number of amides is 1. The first kappa shape index (κ1) is 18.6. The molecule has 0 N–H and O–H groups in total. The summed E-state index contributed by atoms with van der Waals surface area (Å²) >= 11 is 12.3. The van der Waals surface area contributed by atoms with Gasteiger partial charge in [0.1, 0.15) is 20.9 Å². The van der Waals surface area contributed by atoms with Crippen molar-refractivity contribution in [3.8, 4) is 11.3 Å². The van der Waals surface area contributed by atoms with Gasteiger partial charge in [-0.3, -0.25) is 19.8 Å². The fourth-order valence-corrected chi connectivity index (χ4v) is 3.91. The van der Waals surface area contributed by atoms with Crippen molar-refractivity contribution in [1.82, 2.24) is 4.90 Å². The Morgan fingerprint density at radius 2 is 2.15 bits per heavy atom. The van der Waals surface area contributed by atoms with Crippen LogP contribution < -0.4 is 0 Å². The highest BCUT2D eigenvalue weighted by Gasteiger charge is 2.31. The predicted octanol–water partition coefficient (Wildman–Crippen LogP) is 5.12. The van der Waals surface area contributed by atoms with Gasteiger partial charge in [-0.25, -0.2) is 0 Å². The predicted molar refractivity (Wildman–Crippen MR) is 106 cm³/mol. The van der Waals surface area contributed by atoms with E-state index < -0.39 is 4.92 Å². The van der Waals surface area contributed by atoms with E-state index in [0.717, 1.165) is 6.42 Å². The number of carbonyl (C=O) groups excluding carboxylic acids is 1. The van der Waals surface area contributed by atoms with Gasteiger partial charge in [-0.2, -0.15) is 0 Å². The molecule has 0 saturated carbocycles. The van der Waals surface area contributed by atoms with Crippen molar-refractivity contribution in [3.05, 3.63) is 56.1 Å². The summed E-state index contributed by atoms with van der Waals surface area (Å²) in [6, 6.07) is 7.82. The molecule has 1 fully saturated rings. The molecule has 0 unspecified atom stereocenters. The Kier molecular flexibility index (Phi) is 5.45. The molecule has 134 valence electrons. The molecule has 6 nitrogen and oxygen atoms in total. The summed E-state index contributed by atoms with van der Waals surface area (Å²) in [5.74, 6) is 0.775. The highest BCUT2D eigenvalue weighted by Crippen LogP contribution is 2.35. The molecule has 1 amide bonds. The summed E-state index contributed by atoms with van der Waals surface area (Å²) in [6.45, 7) is 2.56. The maximum Gasteiger partial charge on any atom is 0.288 e. The number of thioether (sulfide) groups is 1. The number of nitrogens with zero attached hydrogens (tertiary/aromatic N) is 2. The molecule has 1 saturated heterocycles. The van der Waals surface area contributed by atoms with Gasteiger partial charge in [-0.15, -0.1) is 0 Å². The molecule has 9 heteroatoms. The minimum absolute atomic E-state index is 0.0603. The summed E-state index contributed by atoms with van der Waals surface area (Å²) in [7, 11) is 0. The van der Waals surface area contributed by atoms with E-state index >= 15 is 0 Å². The van der Waals surface area contributed by atoms with Crippen molar-refractivity contribution in [2.75, 3.05) is 6.54 Å². The van der Waals surface area contributed by atoms with Crippen LogP contribution in [0.1, 0.15) is 19.1 Å². The number of benzene rings is 1. The summed E-state index contributed by atoms with van der Waals surface area (Å²) < 4.78 is 6.25. The van der Waals surface area contributed by atoms with Crippen LogP contribution in [0.25, 0.3) is 17.4 Å². The molecule has 3 rings (SSSR count). The van der Waals surface area contributed by atoms with Crippen LogP contribution in [0.15, 0.2) is 39.7 Å². The molecule has 0 aliphatic carbocycles. The lowest BCUT2D eigenvalue weighted by Crippen LogP contribution is -2.28. The molecule has 0 spiro atoms. The number of thiocarbonyl (C=S) groups is 1. The number of nitro groups is 1. The van der Waals surface area contributed by atoms with Crippen LogP contribution in [0.5, 0.6) is 0 Å². The Hall–Kier alpha value is -2.16. The second kappa shape index (κ2) is 7.61. The molecular formula is C17H13ClN2O4S2. The Bertz CT molecular complexity index is 939. The van der Waals surface area contributed by atoms with E-state index in [1.54, 1.807) is 29.2 Å². The number of hydrogen-bond acceptors (Lipinski definition) is 6. The van der Waals surface area contributed by atoms with E-state index in [1.165, 1.54) is 23.9 Å². The first-order valence-electron chi connectivity index (χ1n) is 7.70. The van der Waals surface area contributed by atoms with Crippen molar-refractivity contribution in [1.29, 1.82) is 0 Å². The number of carbonyl (C=O) groups is 1. The fourth-order valence-electron chi connectivity index (χ4n) is 2.44. The van der Waals surface area contributed by atoms with Crippen molar-refractivity contribution in [2.24, 2.45) is 0 Å². The van der Waals surface area contributed by atoms with Crippen LogP contribution in [0.3, 0.4) is 0 Å². The van der Waals surface area contributed by atoms with Gasteiger partial charge in [-0.05, 0) is 30.7 Å². The Morgan fingerprint density at radius 3 is 2.85 bits per heavy atom. The van der Waals surface area contributed by atoms with Crippen molar-refractivity contribution in [2.45, 2.75) is 13.3 Å². The van der Waals surface area contributed by atoms with Crippen molar-refractivity contribution < 1.29 is 14.1 Å². The quantitative estimate of drug-likeness (QED) is 0.296. The lowest BCUT2D eigenvalue weighted by molar-refractivity contribution is -0.384. The summed E-state index contributed by atoms with van der Waals surface area (Å²) in [6.07, 6.45) is 2.45. The monoisotopic (exact) mass is 408 g/mol. The molecule has 2 aromatic rings. The SMILES string of the molecule is CCCN1C(=O)/C(=C\c2ccc(-c3ccc(Cl)c([N+](=O)[O-])c3)o2)SC1=S. The molecule has 0 atom stereocenters. The zero-order valence-electron chi connectivity index (χ0n) is 13.6. The Labute approximate surface area is 164 Å². The zero-order valence-corrected chi connectivity index (χ0v) is 16.0. The smallest absolute Gasteiger partial charge is 0.288 e. The van der Waals surface area contributed by atoms with Gasteiger partial charge in [0.05, 0.1) is 9.83 Å². The lowest BCUT2D eigenvalue weighted by Gasteiger charge is -2.11. The maximum atomic E-state index is 12.4. The molecule has 26 heavy (non-hydrogen) atoms. The Morgan fingerprint density at radius 1 is 1.38 bits per heavy atom. The average Bonchev–Trinajstić information content (AvgIpc) is 3.16. The van der Waals surface area contributed by atoms with Gasteiger partial charge in [0.2, 0.25) is 0 Å². The third-order valence-corrected chi connectivity index (χ3v) is 5.35. The van der Waals surface area contributed by atoms with E-state index in [-0.39, 0.29) is 16.6 Å². The van der Waals surface area contributed by atoms with Crippen LogP contribution in [-0.2, 0) is 4.79 Å². The molecule has 1 aliphatic rings. The molecule has 1 aliphatic heterocycles. The molecule has 0 radical (unpaired) electrons. The highest BCUT2D eigenvalue weighted by molar-refractivity contribution is 8.26. The van der Waals surface area contributed by atoms with Gasteiger partial charge in [0.15, 0.2) is 0 Å². The normalized spacial score (nSPS) is 15.9. The standard InChI is InChI=1S/C17H13ClN2O4S2/c1-2-7-19-16(21)15(26-17(19)25)9-11-4-6-14(24-11)10-3-5-12(18)13(8-10)20(22)23/h3-6,8-9H,2,7H2,1H3/b15-9+. The van der Waals surface area contributed by atoms with Crippen LogP contribution >= 0.6 is 35.6 Å². The average molecular weight is 409 g/mol. The summed E-state index contributed by atoms with van der Waals surface area (Å²) in [5, 5.41) is 11.1. The first-order chi connectivity index (χ1) is 12.4. The summed E-state index contributed by atoms with van der Waals surface area (Å²) in [4.78, 5) is 24.9. The molecular weight excluding hydrogens is 396 g/mol. The number of hydrogen-bond donors (Lipinski definition) is 0. The third kappa shape index (κ3) is 3.67. The fraction of sp³-hybridized carbons (Fsp3) is 0.176. The first-order valence-corrected chi connectivity index (χ1v) is 9.30. The number of nitro benzene ring substituents is 1. The topological polar surface area (TPSA) is 76.6 Å². The largest absolute Gasteiger partial charge is 0.457 e. The van der Waals surface area contributed by atoms with Crippen molar-refractivity contribution in [3.63, 3.8) is 0 Å². The molecule has 1 aromatic heterocycles. The minimum atomic E-state index is -0.547. The zero-order chi connectivity index (χ0) is 18.8. The van der Waals surface area contributed by atoms with Crippen molar-refractivity contribution >= 4 is 57.6 Å². The summed E-state index contributed by atoms with van der Waals surface area (Å²) in [5.41, 5.74) is 0.335. The van der Waals surface area contributed by atoms with E-state index in [1.807, 2.05) is 6.92 Å². The second-order valence-electron chi connectivity index (χ2n) is 5.46. The van der Waals surface area contributed by atoms with E-state index in [9.17, 15) is 14.9 Å². The molecule has 2 heterocycles. The number of furan rings is 1. The highest BCUT2D eigenvalue weighted by atomic mass is 35.5. The van der Waals surface area contributed by atoms with Crippen LogP contribution in [0.4, 0.5) is 5.69 Å². The molecule has 1 aromatic carbocycles. The van der Waals surface area contributed by atoms with E-state index in [0.29, 0.717) is 32.9 Å². The second-order valence-corrected chi connectivity index (χ2v) is 7.54. The number of rotatable bonds is 5. The van der Waals surface area contributed by atoms with Crippen LogP contribution in [-0.4, -0.2) is 26.6 Å². The van der Waals surface area contributed by atoms with Crippen LogP contribution in [0.2, 0.25) is 5.02 Å². The lowest BCUT2D eigenvalue weighted by atomic mass is 10.1. The van der Waals surface area contributed by atoms with Gasteiger partial charge >= 0.3 is 0 Å². The van der Waals surface area contributed by atoms with E-state index in [4.69, 9.17) is 28.2 Å². The maximum absolute atomic E-state index is 12.4. The van der Waals surface area contributed by atoms with Gasteiger partial charge in [0, 0.05) is 24.3 Å². The van der Waals surface area contributed by atoms with E-state index in [2.05, 4.69) is 0 Å².